The summed E-state index contributed by atoms with van der Waals surface area (Å²) in [6.07, 6.45) is 5.20. The molecule has 0 radical (unpaired) electrons. The fraction of sp³-hybridized carbons (Fsp3) is 0.458. The van der Waals surface area contributed by atoms with Crippen LogP contribution in [0.4, 0.5) is 14.5 Å². The number of fused-ring (bicyclic) bond motifs is 1. The number of hydrogen-bond acceptors (Lipinski definition) is 5. The average Bonchev–Trinajstić information content (AvgIpc) is 3.31. The first-order valence-electron chi connectivity index (χ1n) is 11.5. The van der Waals surface area contributed by atoms with E-state index in [0.717, 1.165) is 40.9 Å². The number of benzene rings is 1. The maximum Gasteiger partial charge on any atom is 0.333 e. The van der Waals surface area contributed by atoms with Crippen molar-refractivity contribution in [2.45, 2.75) is 38.8 Å². The number of alkyl halides is 2. The molecule has 1 amide bonds. The van der Waals surface area contributed by atoms with Crippen LogP contribution in [0.2, 0.25) is 0 Å². The molecule has 5 rings (SSSR count). The standard InChI is InChI=1S/C24H28F2N6O2/c1-15(33)30-8-6-21(29-19-13-34-14-19)20(12-30)23(27)31-7-2-3-17-9-16(4-5-22(17)31)18-10-28-32(11-18)24(25)26/h4-5,9-11,19,24,27,29H,2-3,6-8,12-14H2,1H3. The van der Waals surface area contributed by atoms with E-state index in [-0.39, 0.29) is 11.9 Å². The van der Waals surface area contributed by atoms with Crippen molar-refractivity contribution in [2.75, 3.05) is 37.7 Å². The second-order valence-electron chi connectivity index (χ2n) is 8.96. The number of carbonyl (C=O) groups excluding carboxylic acids is 1. The summed E-state index contributed by atoms with van der Waals surface area (Å²) in [6.45, 7) is 1.94. The van der Waals surface area contributed by atoms with Crippen molar-refractivity contribution in [3.63, 3.8) is 0 Å². The topological polar surface area (TPSA) is 86.5 Å². The first-order chi connectivity index (χ1) is 16.4. The molecule has 0 atom stereocenters. The van der Waals surface area contributed by atoms with Gasteiger partial charge in [0.1, 0.15) is 5.84 Å². The van der Waals surface area contributed by atoms with E-state index < -0.39 is 6.55 Å². The number of aromatic nitrogens is 2. The molecule has 10 heteroatoms. The Morgan fingerprint density at radius 2 is 2.06 bits per heavy atom. The van der Waals surface area contributed by atoms with Gasteiger partial charge < -0.3 is 19.9 Å². The van der Waals surface area contributed by atoms with Crippen LogP contribution in [0, 0.1) is 5.41 Å². The normalized spacial score (nSPS) is 18.7. The van der Waals surface area contributed by atoms with E-state index >= 15 is 0 Å². The van der Waals surface area contributed by atoms with E-state index in [0.29, 0.717) is 55.3 Å². The maximum atomic E-state index is 12.9. The van der Waals surface area contributed by atoms with E-state index in [2.05, 4.69) is 10.4 Å². The molecule has 2 N–H and O–H groups in total. The molecule has 0 unspecified atom stereocenters. The Balaban J connectivity index is 1.44. The third kappa shape index (κ3) is 4.29. The van der Waals surface area contributed by atoms with Gasteiger partial charge in [-0.15, -0.1) is 0 Å². The Bertz CT molecular complexity index is 1140. The van der Waals surface area contributed by atoms with Crippen LogP contribution in [-0.4, -0.2) is 65.3 Å². The minimum absolute atomic E-state index is 0.00403. The molecule has 0 saturated carbocycles. The summed E-state index contributed by atoms with van der Waals surface area (Å²) in [7, 11) is 0. The van der Waals surface area contributed by atoms with Crippen LogP contribution in [0.3, 0.4) is 0 Å². The maximum absolute atomic E-state index is 12.9. The number of ether oxygens (including phenoxy) is 1. The molecular weight excluding hydrogens is 442 g/mol. The number of aryl methyl sites for hydroxylation is 1. The Morgan fingerprint density at radius 1 is 1.24 bits per heavy atom. The molecule has 180 valence electrons. The summed E-state index contributed by atoms with van der Waals surface area (Å²) in [5, 5.41) is 16.4. The molecule has 1 aromatic carbocycles. The Labute approximate surface area is 196 Å². The van der Waals surface area contributed by atoms with Gasteiger partial charge in [0.05, 0.1) is 32.0 Å². The highest BCUT2D eigenvalue weighted by Gasteiger charge is 2.31. The van der Waals surface area contributed by atoms with Crippen molar-refractivity contribution in [3.05, 3.63) is 47.4 Å². The smallest absolute Gasteiger partial charge is 0.333 e. The average molecular weight is 471 g/mol. The number of anilines is 1. The third-order valence-electron chi connectivity index (χ3n) is 6.70. The van der Waals surface area contributed by atoms with Crippen LogP contribution in [0.25, 0.3) is 11.1 Å². The molecule has 1 aromatic heterocycles. The second kappa shape index (κ2) is 9.17. The number of amides is 1. The van der Waals surface area contributed by atoms with Gasteiger partial charge in [0, 0.05) is 55.2 Å². The third-order valence-corrected chi connectivity index (χ3v) is 6.70. The Hall–Kier alpha value is -3.27. The largest absolute Gasteiger partial charge is 0.381 e. The lowest BCUT2D eigenvalue weighted by atomic mass is 9.95. The molecule has 4 heterocycles. The van der Waals surface area contributed by atoms with Gasteiger partial charge >= 0.3 is 6.55 Å². The Kier molecular flexibility index (Phi) is 6.07. The molecule has 2 aromatic rings. The van der Waals surface area contributed by atoms with Crippen molar-refractivity contribution < 1.29 is 18.3 Å². The number of halogens is 2. The van der Waals surface area contributed by atoms with E-state index in [9.17, 15) is 13.6 Å². The van der Waals surface area contributed by atoms with E-state index in [1.165, 1.54) is 12.4 Å². The van der Waals surface area contributed by atoms with Gasteiger partial charge in [0.25, 0.3) is 0 Å². The molecule has 1 saturated heterocycles. The van der Waals surface area contributed by atoms with Crippen LogP contribution >= 0.6 is 0 Å². The lowest BCUT2D eigenvalue weighted by Gasteiger charge is -2.38. The van der Waals surface area contributed by atoms with Crippen LogP contribution in [0.5, 0.6) is 0 Å². The van der Waals surface area contributed by atoms with Crippen LogP contribution < -0.4 is 10.2 Å². The minimum atomic E-state index is -2.67. The van der Waals surface area contributed by atoms with Crippen LogP contribution in [-0.2, 0) is 16.0 Å². The van der Waals surface area contributed by atoms with Gasteiger partial charge in [-0.1, -0.05) is 6.07 Å². The fourth-order valence-electron chi connectivity index (χ4n) is 4.74. The molecule has 34 heavy (non-hydrogen) atoms. The quantitative estimate of drug-likeness (QED) is 0.518. The van der Waals surface area contributed by atoms with Gasteiger partial charge in [-0.2, -0.15) is 13.9 Å². The van der Waals surface area contributed by atoms with Gasteiger partial charge in [0.2, 0.25) is 5.91 Å². The molecule has 0 bridgehead atoms. The first-order valence-corrected chi connectivity index (χ1v) is 11.5. The van der Waals surface area contributed by atoms with Crippen molar-refractivity contribution >= 4 is 17.4 Å². The predicted octanol–water partition coefficient (Wildman–Crippen LogP) is 3.17. The van der Waals surface area contributed by atoms with Gasteiger partial charge in [0.15, 0.2) is 0 Å². The molecule has 3 aliphatic heterocycles. The number of nitrogens with one attached hydrogen (secondary N) is 2. The SMILES string of the molecule is CC(=O)N1CCC(NC2COC2)=C(C(=N)N2CCCc3cc(-c4cnn(C(F)F)c4)ccc32)C1. The zero-order valence-electron chi connectivity index (χ0n) is 19.1. The number of amidine groups is 1. The second-order valence-corrected chi connectivity index (χ2v) is 8.96. The van der Waals surface area contributed by atoms with Gasteiger partial charge in [-0.25, -0.2) is 4.68 Å². The Morgan fingerprint density at radius 3 is 2.74 bits per heavy atom. The zero-order chi connectivity index (χ0) is 23.8. The molecule has 8 nitrogen and oxygen atoms in total. The van der Waals surface area contributed by atoms with E-state index in [4.69, 9.17) is 10.1 Å². The van der Waals surface area contributed by atoms with E-state index in [1.54, 1.807) is 11.8 Å². The summed E-state index contributed by atoms with van der Waals surface area (Å²) >= 11 is 0. The highest BCUT2D eigenvalue weighted by atomic mass is 19.3. The van der Waals surface area contributed by atoms with Crippen molar-refractivity contribution in [1.82, 2.24) is 20.0 Å². The predicted molar refractivity (Wildman–Crippen MR) is 124 cm³/mol. The lowest BCUT2D eigenvalue weighted by molar-refractivity contribution is -0.128. The van der Waals surface area contributed by atoms with Crippen molar-refractivity contribution in [1.29, 1.82) is 5.41 Å². The molecule has 0 spiro atoms. The minimum Gasteiger partial charge on any atom is -0.381 e. The number of hydrogen-bond donors (Lipinski definition) is 2. The fourth-order valence-corrected chi connectivity index (χ4v) is 4.74. The summed E-state index contributed by atoms with van der Waals surface area (Å²) in [4.78, 5) is 15.9. The summed E-state index contributed by atoms with van der Waals surface area (Å²) in [5.41, 5.74) is 5.32. The summed E-state index contributed by atoms with van der Waals surface area (Å²) in [6, 6.07) is 6.09. The lowest BCUT2D eigenvalue weighted by Crippen LogP contribution is -2.50. The van der Waals surface area contributed by atoms with Crippen molar-refractivity contribution in [3.8, 4) is 11.1 Å². The van der Waals surface area contributed by atoms with Crippen LogP contribution in [0.1, 0.15) is 31.9 Å². The van der Waals surface area contributed by atoms with Gasteiger partial charge in [-0.05, 0) is 36.1 Å². The van der Waals surface area contributed by atoms with Crippen LogP contribution in [0.15, 0.2) is 41.9 Å². The number of carbonyl (C=O) groups is 1. The molecule has 0 aliphatic carbocycles. The monoisotopic (exact) mass is 470 g/mol. The highest BCUT2D eigenvalue weighted by molar-refractivity contribution is 6.09. The van der Waals surface area contributed by atoms with Gasteiger partial charge in [-0.3, -0.25) is 10.2 Å². The molecule has 3 aliphatic rings. The first kappa shape index (κ1) is 22.5. The highest BCUT2D eigenvalue weighted by Crippen LogP contribution is 2.34. The van der Waals surface area contributed by atoms with Crippen molar-refractivity contribution in [2.24, 2.45) is 0 Å². The summed E-state index contributed by atoms with van der Waals surface area (Å²) in [5.74, 6) is 0.400. The molecular formula is C24H28F2N6O2. The molecule has 1 fully saturated rings. The van der Waals surface area contributed by atoms with E-state index in [1.807, 2.05) is 23.1 Å². The number of rotatable bonds is 5. The number of nitrogens with zero attached hydrogens (tertiary/aromatic N) is 4. The summed E-state index contributed by atoms with van der Waals surface area (Å²) < 4.78 is 31.8. The zero-order valence-corrected chi connectivity index (χ0v) is 19.1.